The second kappa shape index (κ2) is 8.16. The predicted molar refractivity (Wildman–Crippen MR) is 90.8 cm³/mol. The zero-order valence-corrected chi connectivity index (χ0v) is 14.2. The molecule has 0 N–H and O–H groups in total. The third kappa shape index (κ3) is 3.93. The average Bonchev–Trinajstić information content (AvgIpc) is 3.10. The molecule has 126 valence electrons. The normalized spacial score (nSPS) is 10.5. The Kier molecular flexibility index (Phi) is 5.96. The number of aromatic nitrogens is 2. The first-order valence-corrected chi connectivity index (χ1v) is 8.03. The summed E-state index contributed by atoms with van der Waals surface area (Å²) in [6.07, 6.45) is 4.90. The first-order valence-electron chi connectivity index (χ1n) is 8.03. The average molecular weight is 327 g/mol. The van der Waals surface area contributed by atoms with Gasteiger partial charge in [0.05, 0.1) is 36.7 Å². The highest BCUT2D eigenvalue weighted by Crippen LogP contribution is 2.31. The van der Waals surface area contributed by atoms with Crippen molar-refractivity contribution >= 4 is 11.7 Å². The van der Waals surface area contributed by atoms with Crippen molar-refractivity contribution in [3.8, 4) is 11.4 Å². The van der Waals surface area contributed by atoms with Crippen LogP contribution in [0.4, 0.5) is 5.69 Å². The van der Waals surface area contributed by atoms with Gasteiger partial charge in [-0.05, 0) is 38.0 Å². The van der Waals surface area contributed by atoms with Gasteiger partial charge in [0.1, 0.15) is 5.75 Å². The van der Waals surface area contributed by atoms with E-state index in [1.165, 1.54) is 6.20 Å². The molecule has 0 unspecified atom stereocenters. The molecule has 1 heterocycles. The van der Waals surface area contributed by atoms with E-state index in [1.54, 1.807) is 29.9 Å². The Labute approximate surface area is 141 Å². The lowest BCUT2D eigenvalue weighted by molar-refractivity contribution is 0.0526. The molecule has 0 bridgehead atoms. The third-order valence-electron chi connectivity index (χ3n) is 3.63. The van der Waals surface area contributed by atoms with E-state index >= 15 is 0 Å². The molecule has 2 rings (SSSR count). The van der Waals surface area contributed by atoms with Gasteiger partial charge in [0.15, 0.2) is 0 Å². The molecule has 0 amide bonds. The molecule has 24 heavy (non-hydrogen) atoms. The molecule has 0 saturated carbocycles. The lowest BCUT2D eigenvalue weighted by Gasteiger charge is -2.17. The van der Waals surface area contributed by atoms with E-state index in [9.17, 15) is 4.79 Å². The Balaban J connectivity index is 2.26. The maximum absolute atomic E-state index is 11.7. The largest absolute Gasteiger partial charge is 0.501 e. The molecule has 6 nitrogen and oxygen atoms in total. The fourth-order valence-corrected chi connectivity index (χ4v) is 2.25. The van der Waals surface area contributed by atoms with E-state index in [0.29, 0.717) is 29.3 Å². The third-order valence-corrected chi connectivity index (χ3v) is 3.63. The first-order chi connectivity index (χ1) is 11.6. The van der Waals surface area contributed by atoms with Crippen molar-refractivity contribution in [2.75, 3.05) is 6.61 Å². The van der Waals surface area contributed by atoms with Crippen LogP contribution in [-0.2, 0) is 4.74 Å². The van der Waals surface area contributed by atoms with Crippen LogP contribution in [0.5, 0.6) is 5.75 Å². The molecular weight excluding hydrogens is 306 g/mol. The highest BCUT2D eigenvalue weighted by atomic mass is 16.5. The summed E-state index contributed by atoms with van der Waals surface area (Å²) in [5.74, 6) is 0.156. The number of benzene rings is 1. The van der Waals surface area contributed by atoms with Crippen molar-refractivity contribution < 1.29 is 14.3 Å². The summed E-state index contributed by atoms with van der Waals surface area (Å²) in [6, 6.07) is 5.29. The molecule has 1 aromatic heterocycles. The van der Waals surface area contributed by atoms with Crippen molar-refractivity contribution in [1.82, 2.24) is 9.78 Å². The summed E-state index contributed by atoms with van der Waals surface area (Å²) < 4.78 is 12.4. The van der Waals surface area contributed by atoms with Crippen molar-refractivity contribution in [2.24, 2.45) is 0 Å². The van der Waals surface area contributed by atoms with Gasteiger partial charge >= 0.3 is 5.97 Å². The summed E-state index contributed by atoms with van der Waals surface area (Å²) >= 11 is 0. The Morgan fingerprint density at radius 2 is 2.08 bits per heavy atom. The van der Waals surface area contributed by atoms with E-state index in [-0.39, 0.29) is 6.10 Å². The SMILES string of the molecule is [C-]#[N+]c1cc(-n2cc(C(=O)OCC)cn2)ccc1OC(CC)CC. The number of carbonyl (C=O) groups is 1. The minimum Gasteiger partial charge on any atom is -0.501 e. The van der Waals surface area contributed by atoms with E-state index in [1.807, 2.05) is 6.07 Å². The molecule has 1 aromatic carbocycles. The second-order valence-electron chi connectivity index (χ2n) is 5.21. The molecule has 6 heteroatoms. The van der Waals surface area contributed by atoms with Crippen LogP contribution in [0.25, 0.3) is 10.5 Å². The standard InChI is InChI=1S/C18H21N3O3/c1-5-15(6-2)24-17-9-8-14(10-16(17)19-4)21-12-13(11-20-21)18(22)23-7-3/h8-12,15H,5-7H2,1-3H3. The molecule has 0 spiro atoms. The monoisotopic (exact) mass is 327 g/mol. The zero-order valence-electron chi connectivity index (χ0n) is 14.2. The summed E-state index contributed by atoms with van der Waals surface area (Å²) in [5, 5.41) is 4.16. The van der Waals surface area contributed by atoms with Crippen LogP contribution in [0.1, 0.15) is 44.0 Å². The smallest absolute Gasteiger partial charge is 0.341 e. The fourth-order valence-electron chi connectivity index (χ4n) is 2.25. The van der Waals surface area contributed by atoms with Crippen LogP contribution in [0.2, 0.25) is 0 Å². The van der Waals surface area contributed by atoms with Crippen molar-refractivity contribution in [3.63, 3.8) is 0 Å². The van der Waals surface area contributed by atoms with Gasteiger partial charge in [-0.15, -0.1) is 0 Å². The van der Waals surface area contributed by atoms with Crippen LogP contribution in [-0.4, -0.2) is 28.5 Å². The highest BCUT2D eigenvalue weighted by molar-refractivity contribution is 5.88. The van der Waals surface area contributed by atoms with Crippen LogP contribution in [0, 0.1) is 6.57 Å². The lowest BCUT2D eigenvalue weighted by Crippen LogP contribution is -2.13. The Bertz CT molecular complexity index is 742. The van der Waals surface area contributed by atoms with E-state index in [0.717, 1.165) is 12.8 Å². The van der Waals surface area contributed by atoms with Gasteiger partial charge in [-0.2, -0.15) is 5.10 Å². The summed E-state index contributed by atoms with van der Waals surface area (Å²) in [6.45, 7) is 13.6. The number of carbonyl (C=O) groups excluding carboxylic acids is 1. The minimum atomic E-state index is -0.414. The summed E-state index contributed by atoms with van der Waals surface area (Å²) in [7, 11) is 0. The van der Waals surface area contributed by atoms with Crippen molar-refractivity contribution in [1.29, 1.82) is 0 Å². The van der Waals surface area contributed by atoms with Gasteiger partial charge in [0, 0.05) is 6.20 Å². The van der Waals surface area contributed by atoms with Gasteiger partial charge in [0.2, 0.25) is 5.69 Å². The zero-order chi connectivity index (χ0) is 17.5. The molecule has 0 fully saturated rings. The number of hydrogen-bond acceptors (Lipinski definition) is 4. The van der Waals surface area contributed by atoms with Crippen molar-refractivity contribution in [3.05, 3.63) is 47.6 Å². The molecule has 0 radical (unpaired) electrons. The summed E-state index contributed by atoms with van der Waals surface area (Å²) in [5.41, 5.74) is 1.49. The number of rotatable bonds is 7. The molecule has 0 aliphatic heterocycles. The number of ether oxygens (including phenoxy) is 2. The predicted octanol–water partition coefficient (Wildman–Crippen LogP) is 4.17. The first kappa shape index (κ1) is 17.5. The topological polar surface area (TPSA) is 57.7 Å². The van der Waals surface area contributed by atoms with Crippen LogP contribution in [0.3, 0.4) is 0 Å². The Morgan fingerprint density at radius 1 is 1.33 bits per heavy atom. The lowest BCUT2D eigenvalue weighted by atomic mass is 10.2. The maximum atomic E-state index is 11.7. The quantitative estimate of drug-likeness (QED) is 0.566. The molecular formula is C18H21N3O3. The van der Waals surface area contributed by atoms with E-state index < -0.39 is 5.97 Å². The Morgan fingerprint density at radius 3 is 2.71 bits per heavy atom. The van der Waals surface area contributed by atoms with Gasteiger partial charge in [-0.1, -0.05) is 13.8 Å². The molecule has 0 aliphatic carbocycles. The number of esters is 1. The second-order valence-corrected chi connectivity index (χ2v) is 5.21. The van der Waals surface area contributed by atoms with Crippen LogP contribution >= 0.6 is 0 Å². The van der Waals surface area contributed by atoms with Crippen LogP contribution < -0.4 is 4.74 Å². The van der Waals surface area contributed by atoms with E-state index in [2.05, 4.69) is 23.8 Å². The van der Waals surface area contributed by atoms with E-state index in [4.69, 9.17) is 16.0 Å². The Hall–Kier alpha value is -2.81. The number of hydrogen-bond donors (Lipinski definition) is 0. The molecule has 0 aliphatic rings. The van der Waals surface area contributed by atoms with Crippen molar-refractivity contribution in [2.45, 2.75) is 39.7 Å². The van der Waals surface area contributed by atoms with Gasteiger partial charge in [0.25, 0.3) is 0 Å². The van der Waals surface area contributed by atoms with Gasteiger partial charge < -0.3 is 9.47 Å². The van der Waals surface area contributed by atoms with Crippen LogP contribution in [0.15, 0.2) is 30.6 Å². The van der Waals surface area contributed by atoms with Gasteiger partial charge in [-0.25, -0.2) is 14.3 Å². The minimum absolute atomic E-state index is 0.0940. The van der Waals surface area contributed by atoms with Gasteiger partial charge in [-0.3, -0.25) is 0 Å². The molecule has 2 aromatic rings. The fraction of sp³-hybridized carbons (Fsp3) is 0.389. The highest BCUT2D eigenvalue weighted by Gasteiger charge is 2.13. The summed E-state index contributed by atoms with van der Waals surface area (Å²) in [4.78, 5) is 15.3. The number of nitrogens with zero attached hydrogens (tertiary/aromatic N) is 3. The molecule has 0 atom stereocenters. The maximum Gasteiger partial charge on any atom is 0.341 e. The molecule has 0 saturated heterocycles.